The molecule has 0 aliphatic carbocycles. The Kier molecular flexibility index (Phi) is 3.79. The molecule has 1 fully saturated rings. The summed E-state index contributed by atoms with van der Waals surface area (Å²) in [5, 5.41) is 6.27. The van der Waals surface area contributed by atoms with E-state index in [1.165, 1.54) is 24.5 Å². The zero-order valence-electron chi connectivity index (χ0n) is 11.8. The van der Waals surface area contributed by atoms with E-state index in [2.05, 4.69) is 27.5 Å². The maximum Gasteiger partial charge on any atom is 0.253 e. The molecule has 2 heterocycles. The molecule has 1 aromatic heterocycles. The third-order valence-electron chi connectivity index (χ3n) is 3.88. The summed E-state index contributed by atoms with van der Waals surface area (Å²) in [6.07, 6.45) is 3.86. The number of rotatable bonds is 2. The molecule has 3 rings (SSSR count). The van der Waals surface area contributed by atoms with Gasteiger partial charge in [0.25, 0.3) is 5.91 Å². The van der Waals surface area contributed by atoms with Crippen molar-refractivity contribution < 1.29 is 9.18 Å². The molecule has 2 unspecified atom stereocenters. The first kappa shape index (κ1) is 13.9. The highest BCUT2D eigenvalue weighted by atomic mass is 19.1. The minimum atomic E-state index is -0.480. The lowest BCUT2D eigenvalue weighted by molar-refractivity contribution is 0.0915. The van der Waals surface area contributed by atoms with Gasteiger partial charge in [0.1, 0.15) is 11.3 Å². The SMILES string of the molecule is CC1CNCCC1NC(=O)c1cc(F)cc2nccnc12. The van der Waals surface area contributed by atoms with E-state index in [0.29, 0.717) is 17.0 Å². The summed E-state index contributed by atoms with van der Waals surface area (Å²) < 4.78 is 13.7. The Balaban J connectivity index is 1.90. The van der Waals surface area contributed by atoms with Crippen LogP contribution in [0.4, 0.5) is 4.39 Å². The maximum atomic E-state index is 13.7. The molecular formula is C15H17FN4O. The standard InChI is InChI=1S/C15H17FN4O/c1-9-8-17-3-2-12(9)20-15(21)11-6-10(16)7-13-14(11)19-5-4-18-13/h4-7,9,12,17H,2-3,8H2,1H3,(H,20,21). The van der Waals surface area contributed by atoms with E-state index in [0.717, 1.165) is 19.5 Å². The lowest BCUT2D eigenvalue weighted by atomic mass is 9.95. The molecule has 1 aliphatic rings. The fourth-order valence-electron chi connectivity index (χ4n) is 2.69. The molecule has 0 saturated carbocycles. The van der Waals surface area contributed by atoms with Crippen molar-refractivity contribution in [2.45, 2.75) is 19.4 Å². The van der Waals surface area contributed by atoms with Gasteiger partial charge in [0, 0.05) is 24.5 Å². The number of nitrogens with zero attached hydrogens (tertiary/aromatic N) is 2. The van der Waals surface area contributed by atoms with Crippen molar-refractivity contribution in [3.05, 3.63) is 35.9 Å². The van der Waals surface area contributed by atoms with Gasteiger partial charge < -0.3 is 10.6 Å². The van der Waals surface area contributed by atoms with Crippen LogP contribution < -0.4 is 10.6 Å². The molecule has 2 N–H and O–H groups in total. The number of carbonyl (C=O) groups excluding carboxylic acids is 1. The minimum Gasteiger partial charge on any atom is -0.349 e. The molecule has 1 saturated heterocycles. The minimum absolute atomic E-state index is 0.0914. The third kappa shape index (κ3) is 2.85. The first-order valence-electron chi connectivity index (χ1n) is 7.07. The monoisotopic (exact) mass is 288 g/mol. The van der Waals surface area contributed by atoms with Crippen LogP contribution in [0.1, 0.15) is 23.7 Å². The molecule has 21 heavy (non-hydrogen) atoms. The average molecular weight is 288 g/mol. The van der Waals surface area contributed by atoms with Gasteiger partial charge in [-0.2, -0.15) is 0 Å². The summed E-state index contributed by atoms with van der Waals surface area (Å²) in [6, 6.07) is 2.60. The Labute approximate surface area is 122 Å². The Morgan fingerprint density at radius 2 is 2.19 bits per heavy atom. The third-order valence-corrected chi connectivity index (χ3v) is 3.88. The van der Waals surface area contributed by atoms with Gasteiger partial charge in [-0.1, -0.05) is 6.92 Å². The number of fused-ring (bicyclic) bond motifs is 1. The van der Waals surface area contributed by atoms with E-state index in [1.807, 2.05) is 0 Å². The van der Waals surface area contributed by atoms with Gasteiger partial charge in [-0.25, -0.2) is 4.39 Å². The Morgan fingerprint density at radius 3 is 3.00 bits per heavy atom. The fourth-order valence-corrected chi connectivity index (χ4v) is 2.69. The number of hydrogen-bond acceptors (Lipinski definition) is 4. The van der Waals surface area contributed by atoms with Crippen LogP contribution in [0.2, 0.25) is 0 Å². The summed E-state index contributed by atoms with van der Waals surface area (Å²) in [4.78, 5) is 20.7. The van der Waals surface area contributed by atoms with Gasteiger partial charge in [-0.15, -0.1) is 0 Å². The van der Waals surface area contributed by atoms with Gasteiger partial charge in [0.2, 0.25) is 0 Å². The second kappa shape index (κ2) is 5.73. The van der Waals surface area contributed by atoms with E-state index >= 15 is 0 Å². The number of benzene rings is 1. The lowest BCUT2D eigenvalue weighted by Crippen LogP contribution is -2.48. The fraction of sp³-hybridized carbons (Fsp3) is 0.400. The van der Waals surface area contributed by atoms with Crippen LogP contribution >= 0.6 is 0 Å². The summed E-state index contributed by atoms with van der Waals surface area (Å²) in [5.74, 6) is -0.432. The topological polar surface area (TPSA) is 66.9 Å². The largest absolute Gasteiger partial charge is 0.349 e. The average Bonchev–Trinajstić information content (AvgIpc) is 2.48. The Morgan fingerprint density at radius 1 is 1.38 bits per heavy atom. The molecule has 2 aromatic rings. The number of hydrogen-bond donors (Lipinski definition) is 2. The van der Waals surface area contributed by atoms with Gasteiger partial charge in [-0.05, 0) is 31.5 Å². The number of piperidine rings is 1. The second-order valence-electron chi connectivity index (χ2n) is 5.43. The highest BCUT2D eigenvalue weighted by Crippen LogP contribution is 2.18. The molecule has 5 nitrogen and oxygen atoms in total. The van der Waals surface area contributed by atoms with Crippen molar-refractivity contribution in [1.82, 2.24) is 20.6 Å². The molecular weight excluding hydrogens is 271 g/mol. The predicted molar refractivity (Wildman–Crippen MR) is 77.4 cm³/mol. The quantitative estimate of drug-likeness (QED) is 0.879. The lowest BCUT2D eigenvalue weighted by Gasteiger charge is -2.30. The van der Waals surface area contributed by atoms with Crippen LogP contribution in [0.15, 0.2) is 24.5 Å². The zero-order valence-corrected chi connectivity index (χ0v) is 11.8. The van der Waals surface area contributed by atoms with Gasteiger partial charge >= 0.3 is 0 Å². The summed E-state index contributed by atoms with van der Waals surface area (Å²) >= 11 is 0. The molecule has 6 heteroatoms. The van der Waals surface area contributed by atoms with E-state index in [1.54, 1.807) is 0 Å². The smallest absolute Gasteiger partial charge is 0.253 e. The predicted octanol–water partition coefficient (Wildman–Crippen LogP) is 1.50. The number of aromatic nitrogens is 2. The van der Waals surface area contributed by atoms with Gasteiger partial charge in [0.05, 0.1) is 11.1 Å². The molecule has 2 atom stereocenters. The number of nitrogens with one attached hydrogen (secondary N) is 2. The molecule has 1 amide bonds. The normalized spacial score (nSPS) is 22.2. The number of halogens is 1. The van der Waals surface area contributed by atoms with Crippen molar-refractivity contribution in [1.29, 1.82) is 0 Å². The first-order valence-corrected chi connectivity index (χ1v) is 7.07. The first-order chi connectivity index (χ1) is 10.1. The summed E-state index contributed by atoms with van der Waals surface area (Å²) in [7, 11) is 0. The maximum absolute atomic E-state index is 13.7. The van der Waals surface area contributed by atoms with Crippen molar-refractivity contribution in [2.75, 3.05) is 13.1 Å². The van der Waals surface area contributed by atoms with Crippen LogP contribution in [0.5, 0.6) is 0 Å². The van der Waals surface area contributed by atoms with E-state index in [-0.39, 0.29) is 17.5 Å². The van der Waals surface area contributed by atoms with Crippen LogP contribution in [0.3, 0.4) is 0 Å². The summed E-state index contributed by atoms with van der Waals surface area (Å²) in [6.45, 7) is 3.83. The number of amides is 1. The Hall–Kier alpha value is -2.08. The highest BCUT2D eigenvalue weighted by Gasteiger charge is 2.24. The molecule has 1 aliphatic heterocycles. The Bertz CT molecular complexity index is 676. The molecule has 0 radical (unpaired) electrons. The summed E-state index contributed by atoms with van der Waals surface area (Å²) in [5.41, 5.74) is 1.06. The van der Waals surface area contributed by atoms with Crippen molar-refractivity contribution in [2.24, 2.45) is 5.92 Å². The van der Waals surface area contributed by atoms with Crippen molar-refractivity contribution in [3.8, 4) is 0 Å². The molecule has 110 valence electrons. The van der Waals surface area contributed by atoms with Crippen LogP contribution in [0, 0.1) is 11.7 Å². The highest BCUT2D eigenvalue weighted by molar-refractivity contribution is 6.04. The van der Waals surface area contributed by atoms with Crippen molar-refractivity contribution in [3.63, 3.8) is 0 Å². The number of carbonyl (C=O) groups is 1. The van der Waals surface area contributed by atoms with Gasteiger partial charge in [-0.3, -0.25) is 14.8 Å². The van der Waals surface area contributed by atoms with E-state index in [9.17, 15) is 9.18 Å². The molecule has 1 aromatic carbocycles. The van der Waals surface area contributed by atoms with Crippen LogP contribution in [-0.2, 0) is 0 Å². The molecule has 0 bridgehead atoms. The van der Waals surface area contributed by atoms with Crippen LogP contribution in [-0.4, -0.2) is 35.0 Å². The van der Waals surface area contributed by atoms with Crippen LogP contribution in [0.25, 0.3) is 11.0 Å². The van der Waals surface area contributed by atoms with E-state index in [4.69, 9.17) is 0 Å². The van der Waals surface area contributed by atoms with Crippen molar-refractivity contribution >= 4 is 16.9 Å². The van der Waals surface area contributed by atoms with Gasteiger partial charge in [0.15, 0.2) is 0 Å². The molecule has 0 spiro atoms. The van der Waals surface area contributed by atoms with E-state index < -0.39 is 5.82 Å². The zero-order chi connectivity index (χ0) is 14.8. The second-order valence-corrected chi connectivity index (χ2v) is 5.43.